The number of hydrogen-bond donors (Lipinski definition) is 2. The van der Waals surface area contributed by atoms with Crippen molar-refractivity contribution in [2.24, 2.45) is 4.99 Å². The van der Waals surface area contributed by atoms with Crippen molar-refractivity contribution in [1.29, 1.82) is 0 Å². The topological polar surface area (TPSA) is 84.6 Å². The van der Waals surface area contributed by atoms with Crippen LogP contribution in [0.3, 0.4) is 0 Å². The fraction of sp³-hybridized carbons (Fsp3) is 0.438. The first-order chi connectivity index (χ1) is 11.1. The zero-order valence-corrected chi connectivity index (χ0v) is 16.8. The van der Waals surface area contributed by atoms with E-state index in [2.05, 4.69) is 31.8 Å². The molecule has 0 aliphatic carbocycles. The molecule has 7 nitrogen and oxygen atoms in total. The van der Waals surface area contributed by atoms with Crippen LogP contribution in [-0.4, -0.2) is 29.8 Å². The summed E-state index contributed by atoms with van der Waals surface area (Å²) in [5, 5.41) is 10.2. The molecule has 8 heteroatoms. The number of hydrogen-bond acceptors (Lipinski definition) is 5. The lowest BCUT2D eigenvalue weighted by Crippen LogP contribution is -2.37. The van der Waals surface area contributed by atoms with Gasteiger partial charge in [-0.25, -0.2) is 4.99 Å². The highest BCUT2D eigenvalue weighted by Crippen LogP contribution is 2.20. The van der Waals surface area contributed by atoms with Crippen LogP contribution in [0.4, 0.5) is 0 Å². The monoisotopic (exact) mass is 445 g/mol. The Kier molecular flexibility index (Phi) is 8.51. The minimum absolute atomic E-state index is 0. The standard InChI is InChI=1S/C16H23N5O2.HI/c1-5-17-16(19-10-15-20-12(3)23-21-15)18-9-13-7-6-11(2)8-14(13)22-4;/h6-8H,5,9-10H2,1-4H3,(H2,17,18,19);1H. The van der Waals surface area contributed by atoms with Crippen LogP contribution in [0, 0.1) is 13.8 Å². The maximum atomic E-state index is 5.41. The molecule has 132 valence electrons. The smallest absolute Gasteiger partial charge is 0.223 e. The highest BCUT2D eigenvalue weighted by atomic mass is 127. The summed E-state index contributed by atoms with van der Waals surface area (Å²) in [4.78, 5) is 8.73. The Morgan fingerprint density at radius 1 is 1.29 bits per heavy atom. The third-order valence-electron chi connectivity index (χ3n) is 3.18. The molecule has 0 bridgehead atoms. The van der Waals surface area contributed by atoms with Gasteiger partial charge >= 0.3 is 0 Å². The van der Waals surface area contributed by atoms with Crippen LogP contribution in [0.5, 0.6) is 5.75 Å². The van der Waals surface area contributed by atoms with Crippen molar-refractivity contribution in [2.45, 2.75) is 33.9 Å². The lowest BCUT2D eigenvalue weighted by Gasteiger charge is -2.11. The largest absolute Gasteiger partial charge is 0.496 e. The molecule has 0 amide bonds. The molecule has 0 atom stereocenters. The van der Waals surface area contributed by atoms with Crippen molar-refractivity contribution < 1.29 is 9.26 Å². The maximum Gasteiger partial charge on any atom is 0.223 e. The Morgan fingerprint density at radius 2 is 2.08 bits per heavy atom. The van der Waals surface area contributed by atoms with Gasteiger partial charge in [-0.05, 0) is 25.5 Å². The van der Waals surface area contributed by atoms with E-state index in [-0.39, 0.29) is 24.0 Å². The summed E-state index contributed by atoms with van der Waals surface area (Å²) < 4.78 is 10.4. The first-order valence-corrected chi connectivity index (χ1v) is 7.57. The van der Waals surface area contributed by atoms with E-state index in [4.69, 9.17) is 9.26 Å². The first kappa shape index (κ1) is 20.2. The molecule has 0 fully saturated rings. The van der Waals surface area contributed by atoms with Crippen LogP contribution in [0.1, 0.15) is 29.8 Å². The summed E-state index contributed by atoms with van der Waals surface area (Å²) in [7, 11) is 1.67. The van der Waals surface area contributed by atoms with E-state index in [0.717, 1.165) is 23.4 Å². The molecular weight excluding hydrogens is 421 g/mol. The first-order valence-electron chi connectivity index (χ1n) is 7.57. The van der Waals surface area contributed by atoms with E-state index < -0.39 is 0 Å². The van der Waals surface area contributed by atoms with E-state index in [1.165, 1.54) is 0 Å². The van der Waals surface area contributed by atoms with Gasteiger partial charge in [-0.1, -0.05) is 17.3 Å². The van der Waals surface area contributed by atoms with Crippen molar-refractivity contribution >= 4 is 29.9 Å². The number of aliphatic imine (C=N–C) groups is 1. The van der Waals surface area contributed by atoms with Crippen LogP contribution < -0.4 is 15.4 Å². The fourth-order valence-electron chi connectivity index (χ4n) is 2.06. The molecule has 0 spiro atoms. The summed E-state index contributed by atoms with van der Waals surface area (Å²) in [6.45, 7) is 7.55. The lowest BCUT2D eigenvalue weighted by molar-refractivity contribution is 0.387. The molecule has 2 aromatic rings. The third kappa shape index (κ3) is 5.99. The minimum Gasteiger partial charge on any atom is -0.496 e. The molecule has 0 saturated heterocycles. The molecule has 2 N–H and O–H groups in total. The Labute approximate surface area is 159 Å². The van der Waals surface area contributed by atoms with Gasteiger partial charge in [0.05, 0.1) is 20.2 Å². The van der Waals surface area contributed by atoms with Crippen molar-refractivity contribution in [3.63, 3.8) is 0 Å². The number of halogens is 1. The van der Waals surface area contributed by atoms with Crippen molar-refractivity contribution in [3.8, 4) is 5.75 Å². The quantitative estimate of drug-likeness (QED) is 0.404. The van der Waals surface area contributed by atoms with Gasteiger partial charge in [0, 0.05) is 19.0 Å². The number of rotatable bonds is 6. The average Bonchev–Trinajstić information content (AvgIpc) is 2.96. The number of guanidine groups is 1. The van der Waals surface area contributed by atoms with Crippen LogP contribution in [-0.2, 0) is 13.1 Å². The molecule has 24 heavy (non-hydrogen) atoms. The lowest BCUT2D eigenvalue weighted by atomic mass is 10.1. The summed E-state index contributed by atoms with van der Waals surface area (Å²) in [5.74, 6) is 2.69. The summed E-state index contributed by atoms with van der Waals surface area (Å²) in [6, 6.07) is 6.09. The zero-order chi connectivity index (χ0) is 16.7. The predicted molar refractivity (Wildman–Crippen MR) is 104 cm³/mol. The van der Waals surface area contributed by atoms with E-state index >= 15 is 0 Å². The average molecular weight is 445 g/mol. The van der Waals surface area contributed by atoms with Crippen molar-refractivity contribution in [3.05, 3.63) is 41.0 Å². The van der Waals surface area contributed by atoms with Gasteiger partial charge in [-0.2, -0.15) is 4.98 Å². The molecule has 0 radical (unpaired) electrons. The van der Waals surface area contributed by atoms with Crippen molar-refractivity contribution in [1.82, 2.24) is 20.8 Å². The highest BCUT2D eigenvalue weighted by Gasteiger charge is 2.06. The van der Waals surface area contributed by atoms with Crippen molar-refractivity contribution in [2.75, 3.05) is 13.7 Å². The third-order valence-corrected chi connectivity index (χ3v) is 3.18. The number of aromatic nitrogens is 2. The van der Waals surface area contributed by atoms with Crippen LogP contribution in [0.2, 0.25) is 0 Å². The molecular formula is C16H24IN5O2. The minimum atomic E-state index is 0. The Morgan fingerprint density at radius 3 is 2.71 bits per heavy atom. The molecule has 1 aromatic heterocycles. The van der Waals surface area contributed by atoms with E-state index in [1.807, 2.05) is 26.0 Å². The molecule has 0 aliphatic heterocycles. The molecule has 2 rings (SSSR count). The number of aryl methyl sites for hydroxylation is 2. The van der Waals surface area contributed by atoms with Gasteiger partial charge in [0.15, 0.2) is 11.8 Å². The molecule has 1 heterocycles. The number of benzene rings is 1. The van der Waals surface area contributed by atoms with Crippen LogP contribution >= 0.6 is 24.0 Å². The summed E-state index contributed by atoms with van der Waals surface area (Å²) >= 11 is 0. The normalized spacial score (nSPS) is 10.9. The van der Waals surface area contributed by atoms with Gasteiger partial charge in [0.25, 0.3) is 0 Å². The van der Waals surface area contributed by atoms with E-state index in [1.54, 1.807) is 14.0 Å². The fourth-order valence-corrected chi connectivity index (χ4v) is 2.06. The van der Waals surface area contributed by atoms with Gasteiger partial charge in [-0.15, -0.1) is 24.0 Å². The second-order valence-corrected chi connectivity index (χ2v) is 5.09. The Bertz CT molecular complexity index is 672. The van der Waals surface area contributed by atoms with Gasteiger partial charge in [0.1, 0.15) is 5.75 Å². The van der Waals surface area contributed by atoms with E-state index in [0.29, 0.717) is 30.8 Å². The molecule has 0 unspecified atom stereocenters. The molecule has 1 aromatic carbocycles. The Hall–Kier alpha value is -1.84. The van der Waals surface area contributed by atoms with Gasteiger partial charge < -0.3 is 19.9 Å². The van der Waals surface area contributed by atoms with Gasteiger partial charge in [0.2, 0.25) is 5.89 Å². The van der Waals surface area contributed by atoms with Crippen LogP contribution in [0.25, 0.3) is 0 Å². The molecule has 0 aliphatic rings. The maximum absolute atomic E-state index is 5.41. The summed E-state index contributed by atoms with van der Waals surface area (Å²) in [6.07, 6.45) is 0. The van der Waals surface area contributed by atoms with E-state index in [9.17, 15) is 0 Å². The zero-order valence-electron chi connectivity index (χ0n) is 14.4. The van der Waals surface area contributed by atoms with Crippen LogP contribution in [0.15, 0.2) is 27.7 Å². The van der Waals surface area contributed by atoms with Gasteiger partial charge in [-0.3, -0.25) is 0 Å². The number of methoxy groups -OCH3 is 1. The Balaban J connectivity index is 0.00000288. The second kappa shape index (κ2) is 10.1. The number of nitrogens with zero attached hydrogens (tertiary/aromatic N) is 3. The number of nitrogens with one attached hydrogen (secondary N) is 2. The predicted octanol–water partition coefficient (Wildman–Crippen LogP) is 2.57. The second-order valence-electron chi connectivity index (χ2n) is 5.09. The number of ether oxygens (including phenoxy) is 1. The SMILES string of the molecule is CCNC(=NCc1ccc(C)cc1OC)NCc1noc(C)n1.I. The molecule has 0 saturated carbocycles. The highest BCUT2D eigenvalue weighted by molar-refractivity contribution is 14.0. The summed E-state index contributed by atoms with van der Waals surface area (Å²) in [5.41, 5.74) is 2.19.